The third-order valence-electron chi connectivity index (χ3n) is 3.29. The Kier molecular flexibility index (Phi) is 13.8. The van der Waals surface area contributed by atoms with Gasteiger partial charge in [0.05, 0.1) is 11.6 Å². The molecule has 0 rings (SSSR count). The number of carbonyl (C=O) groups is 1. The maximum absolute atomic E-state index is 10.3. The Morgan fingerprint density at radius 3 is 2.50 bits per heavy atom. The van der Waals surface area contributed by atoms with Gasteiger partial charge in [-0.3, -0.25) is 0 Å². The van der Waals surface area contributed by atoms with Crippen molar-refractivity contribution in [1.82, 2.24) is 0 Å². The fourth-order valence-electron chi connectivity index (χ4n) is 1.82. The average Bonchev–Trinajstić information content (AvgIpc) is 2.27. The van der Waals surface area contributed by atoms with Gasteiger partial charge in [-0.2, -0.15) is 0 Å². The van der Waals surface area contributed by atoms with Crippen molar-refractivity contribution >= 4 is 5.97 Å². The molecular formula is C16H27KO3. The summed E-state index contributed by atoms with van der Waals surface area (Å²) in [4.78, 5) is 10.3. The molecule has 0 fully saturated rings. The van der Waals surface area contributed by atoms with Crippen LogP contribution in [0.25, 0.3) is 0 Å². The smallest absolute Gasteiger partial charge is 0.545 e. The van der Waals surface area contributed by atoms with E-state index in [2.05, 4.69) is 20.8 Å². The summed E-state index contributed by atoms with van der Waals surface area (Å²) in [5, 5.41) is 10.3. The van der Waals surface area contributed by atoms with Gasteiger partial charge in [0, 0.05) is 7.11 Å². The maximum atomic E-state index is 10.3. The van der Waals surface area contributed by atoms with Crippen molar-refractivity contribution in [2.75, 3.05) is 7.11 Å². The van der Waals surface area contributed by atoms with Crippen molar-refractivity contribution < 1.29 is 66.0 Å². The quantitative estimate of drug-likeness (QED) is 0.339. The van der Waals surface area contributed by atoms with Crippen LogP contribution in [0.5, 0.6) is 0 Å². The van der Waals surface area contributed by atoms with Crippen LogP contribution in [0.15, 0.2) is 23.8 Å². The number of hydrogen-bond acceptors (Lipinski definition) is 3. The van der Waals surface area contributed by atoms with Crippen molar-refractivity contribution in [2.45, 2.75) is 59.0 Å². The SMILES string of the molecule is COC(C)(C)CCCC(C)C/C=C/C(C)=C/C(=O)[O-].[K+]. The van der Waals surface area contributed by atoms with E-state index in [1.165, 1.54) is 0 Å². The normalized spacial score (nSPS) is 14.2. The molecule has 0 heterocycles. The molecule has 0 spiro atoms. The van der Waals surface area contributed by atoms with Gasteiger partial charge >= 0.3 is 51.4 Å². The Morgan fingerprint density at radius 1 is 1.40 bits per heavy atom. The van der Waals surface area contributed by atoms with E-state index in [0.717, 1.165) is 31.8 Å². The van der Waals surface area contributed by atoms with Crippen LogP contribution in [0.1, 0.15) is 53.4 Å². The molecule has 3 nitrogen and oxygen atoms in total. The Labute approximate surface area is 166 Å². The molecule has 0 N–H and O–H groups in total. The second kappa shape index (κ2) is 12.1. The van der Waals surface area contributed by atoms with Gasteiger partial charge in [-0.05, 0) is 51.2 Å². The first-order chi connectivity index (χ1) is 8.76. The Balaban J connectivity index is 0. The minimum atomic E-state index is -1.14. The number of ether oxygens (including phenoxy) is 1. The van der Waals surface area contributed by atoms with E-state index in [1.807, 2.05) is 12.2 Å². The Morgan fingerprint density at radius 2 is 2.00 bits per heavy atom. The van der Waals surface area contributed by atoms with Gasteiger partial charge in [0.1, 0.15) is 0 Å². The predicted octanol–water partition coefficient (Wildman–Crippen LogP) is -0.136. The van der Waals surface area contributed by atoms with E-state index in [-0.39, 0.29) is 57.0 Å². The molecule has 0 aliphatic heterocycles. The van der Waals surface area contributed by atoms with E-state index in [9.17, 15) is 9.90 Å². The van der Waals surface area contributed by atoms with Crippen molar-refractivity contribution in [3.05, 3.63) is 23.8 Å². The maximum Gasteiger partial charge on any atom is 1.00 e. The second-order valence-electron chi connectivity index (χ2n) is 5.81. The first kappa shape index (κ1) is 22.8. The molecule has 0 bridgehead atoms. The standard InChI is InChI=1S/C16H28O3.K/c1-13(10-7-11-16(3,4)19-5)8-6-9-14(2)12-15(17)18;/h6,9,12-13H,7-8,10-11H2,1-5H3,(H,17,18);/q;+1/p-1/b9-6+,14-12+;. The third kappa shape index (κ3) is 13.5. The van der Waals surface area contributed by atoms with Crippen LogP contribution in [-0.4, -0.2) is 18.7 Å². The summed E-state index contributed by atoms with van der Waals surface area (Å²) in [6, 6.07) is 0. The minimum Gasteiger partial charge on any atom is -0.545 e. The largest absolute Gasteiger partial charge is 1.00 e. The van der Waals surface area contributed by atoms with Gasteiger partial charge in [-0.15, -0.1) is 0 Å². The number of carboxylic acids is 1. The summed E-state index contributed by atoms with van der Waals surface area (Å²) in [6.07, 6.45) is 9.30. The first-order valence-electron chi connectivity index (χ1n) is 6.88. The van der Waals surface area contributed by atoms with Crippen LogP contribution >= 0.6 is 0 Å². The molecule has 0 amide bonds. The van der Waals surface area contributed by atoms with Crippen LogP contribution in [0.4, 0.5) is 0 Å². The van der Waals surface area contributed by atoms with Crippen LogP contribution in [0, 0.1) is 5.92 Å². The molecule has 0 saturated heterocycles. The number of carboxylic acid groups (broad SMARTS) is 1. The number of rotatable bonds is 9. The molecule has 4 heteroatoms. The Bertz CT molecular complexity index is 333. The second-order valence-corrected chi connectivity index (χ2v) is 5.81. The molecule has 0 aromatic heterocycles. The first-order valence-corrected chi connectivity index (χ1v) is 6.88. The fourth-order valence-corrected chi connectivity index (χ4v) is 1.82. The molecule has 0 saturated carbocycles. The zero-order valence-corrected chi connectivity index (χ0v) is 17.0. The van der Waals surface area contributed by atoms with Gasteiger partial charge in [0.25, 0.3) is 0 Å². The van der Waals surface area contributed by atoms with Crippen LogP contribution < -0.4 is 56.5 Å². The molecule has 0 aliphatic carbocycles. The van der Waals surface area contributed by atoms with Gasteiger partial charge < -0.3 is 14.6 Å². The number of allylic oxidation sites excluding steroid dienone is 3. The van der Waals surface area contributed by atoms with E-state index < -0.39 is 5.97 Å². The van der Waals surface area contributed by atoms with Gasteiger partial charge in [0.2, 0.25) is 0 Å². The topological polar surface area (TPSA) is 49.4 Å². The van der Waals surface area contributed by atoms with E-state index in [0.29, 0.717) is 11.5 Å². The molecule has 1 unspecified atom stereocenters. The molecule has 110 valence electrons. The van der Waals surface area contributed by atoms with Gasteiger partial charge in [-0.25, -0.2) is 0 Å². The molecule has 20 heavy (non-hydrogen) atoms. The number of hydrogen-bond donors (Lipinski definition) is 0. The average molecular weight is 306 g/mol. The van der Waals surface area contributed by atoms with Gasteiger partial charge in [-0.1, -0.05) is 31.9 Å². The summed E-state index contributed by atoms with van der Waals surface area (Å²) >= 11 is 0. The number of methoxy groups -OCH3 is 1. The van der Waals surface area contributed by atoms with E-state index >= 15 is 0 Å². The number of aliphatic carboxylic acids is 1. The van der Waals surface area contributed by atoms with Gasteiger partial charge in [0.15, 0.2) is 0 Å². The minimum absolute atomic E-state index is 0. The summed E-state index contributed by atoms with van der Waals surface area (Å²) < 4.78 is 5.39. The van der Waals surface area contributed by atoms with Crippen molar-refractivity contribution in [3.8, 4) is 0 Å². The number of carbonyl (C=O) groups excluding carboxylic acids is 1. The molecule has 0 aromatic carbocycles. The summed E-state index contributed by atoms with van der Waals surface area (Å²) in [5.74, 6) is -0.545. The van der Waals surface area contributed by atoms with Crippen molar-refractivity contribution in [2.24, 2.45) is 5.92 Å². The molecule has 0 radical (unpaired) electrons. The van der Waals surface area contributed by atoms with E-state index in [1.54, 1.807) is 14.0 Å². The fraction of sp³-hybridized carbons (Fsp3) is 0.688. The van der Waals surface area contributed by atoms with E-state index in [4.69, 9.17) is 4.74 Å². The zero-order valence-electron chi connectivity index (χ0n) is 13.9. The van der Waals surface area contributed by atoms with Crippen molar-refractivity contribution in [3.63, 3.8) is 0 Å². The molecule has 0 aromatic rings. The molecule has 1 atom stereocenters. The molecular weight excluding hydrogens is 279 g/mol. The monoisotopic (exact) mass is 306 g/mol. The summed E-state index contributed by atoms with van der Waals surface area (Å²) in [5.41, 5.74) is 0.677. The molecule has 0 aliphatic rings. The van der Waals surface area contributed by atoms with Crippen LogP contribution in [0.2, 0.25) is 0 Å². The van der Waals surface area contributed by atoms with Crippen LogP contribution in [0.3, 0.4) is 0 Å². The van der Waals surface area contributed by atoms with Crippen molar-refractivity contribution in [1.29, 1.82) is 0 Å². The summed E-state index contributed by atoms with van der Waals surface area (Å²) in [7, 11) is 1.75. The predicted molar refractivity (Wildman–Crippen MR) is 76.6 cm³/mol. The van der Waals surface area contributed by atoms with Crippen LogP contribution in [-0.2, 0) is 9.53 Å². The zero-order chi connectivity index (χ0) is 14.9. The summed E-state index contributed by atoms with van der Waals surface area (Å²) in [6.45, 7) is 8.18. The third-order valence-corrected chi connectivity index (χ3v) is 3.29. The Hall–Kier alpha value is 0.546.